The summed E-state index contributed by atoms with van der Waals surface area (Å²) in [6.07, 6.45) is 1.87. The molecule has 1 aliphatic rings. The zero-order chi connectivity index (χ0) is 33.1. The van der Waals surface area contributed by atoms with Crippen LogP contribution in [0.25, 0.3) is 10.9 Å². The molecule has 0 aliphatic carbocycles. The van der Waals surface area contributed by atoms with Crippen LogP contribution in [0.5, 0.6) is 5.75 Å². The first-order valence-corrected chi connectivity index (χ1v) is 16.6. The Bertz CT molecular complexity index is 1750. The second-order valence-electron chi connectivity index (χ2n) is 10.7. The summed E-state index contributed by atoms with van der Waals surface area (Å²) in [5.41, 5.74) is -1.66. The van der Waals surface area contributed by atoms with E-state index >= 15 is 0 Å². The van der Waals surface area contributed by atoms with E-state index in [2.05, 4.69) is 10.3 Å². The van der Waals surface area contributed by atoms with Gasteiger partial charge < -0.3 is 14.8 Å². The monoisotopic (exact) mass is 695 g/mol. The van der Waals surface area contributed by atoms with Gasteiger partial charge in [0.25, 0.3) is 0 Å². The van der Waals surface area contributed by atoms with Crippen LogP contribution in [0.15, 0.2) is 72.9 Å². The Morgan fingerprint density at radius 3 is 2.11 bits per heavy atom. The number of pyridine rings is 1. The third-order valence-corrected chi connectivity index (χ3v) is 9.80. The van der Waals surface area contributed by atoms with Crippen molar-refractivity contribution in [2.24, 2.45) is 0 Å². The Kier molecular flexibility index (Phi) is 10.3. The van der Waals surface area contributed by atoms with Crippen molar-refractivity contribution in [1.29, 1.82) is 0 Å². The highest BCUT2D eigenvalue weighted by Crippen LogP contribution is 2.40. The van der Waals surface area contributed by atoms with Crippen LogP contribution in [-0.2, 0) is 19.6 Å². The maximum atomic E-state index is 13.1. The minimum absolute atomic E-state index is 0.156. The highest BCUT2D eigenvalue weighted by atomic mass is 35.5. The van der Waals surface area contributed by atoms with Gasteiger partial charge >= 0.3 is 21.5 Å². The van der Waals surface area contributed by atoms with Gasteiger partial charge in [-0.2, -0.15) is 17.5 Å². The number of carbonyl (C=O) groups is 1. The molecule has 0 atom stereocenters. The number of hydrogen-bond donors (Lipinski definition) is 1. The zero-order valence-corrected chi connectivity index (χ0v) is 26.9. The number of nitrogens with one attached hydrogen (secondary N) is 1. The summed E-state index contributed by atoms with van der Waals surface area (Å²) in [4.78, 5) is 16.8. The number of rotatable bonds is 10. The van der Waals surface area contributed by atoms with Crippen molar-refractivity contribution >= 4 is 55.8 Å². The van der Waals surface area contributed by atoms with Crippen LogP contribution in [0.1, 0.15) is 42.4 Å². The first kappa shape index (κ1) is 33.8. The largest absolute Gasteiger partial charge is 0.511 e. The summed E-state index contributed by atoms with van der Waals surface area (Å²) in [5, 5.41) is 5.16. The normalized spacial score (nSPS) is 14.8. The average Bonchev–Trinajstić information content (AvgIpc) is 3.02. The fourth-order valence-electron chi connectivity index (χ4n) is 5.48. The highest BCUT2D eigenvalue weighted by molar-refractivity contribution is 7.90. The summed E-state index contributed by atoms with van der Waals surface area (Å²) < 4.78 is 74.7. The van der Waals surface area contributed by atoms with E-state index in [1.807, 2.05) is 36.4 Å². The number of piperidine rings is 1. The predicted octanol–water partition coefficient (Wildman–Crippen LogP) is 7.39. The molecule has 46 heavy (non-hydrogen) atoms. The van der Waals surface area contributed by atoms with E-state index in [1.54, 1.807) is 43.5 Å². The zero-order valence-electron chi connectivity index (χ0n) is 24.6. The maximum absolute atomic E-state index is 13.1. The number of nitrogens with zero attached hydrogens (tertiary/aromatic N) is 2. The molecule has 8 nitrogen and oxygen atoms in total. The summed E-state index contributed by atoms with van der Waals surface area (Å²) in [5.74, 6) is -0.557. The molecule has 1 N–H and O–H groups in total. The molecular formula is C32H30Cl2F3N3O5S. The van der Waals surface area contributed by atoms with Gasteiger partial charge in [-0.25, -0.2) is 13.2 Å². The molecule has 14 heteroatoms. The Morgan fingerprint density at radius 1 is 0.978 bits per heavy atom. The minimum atomic E-state index is -5.40. The van der Waals surface area contributed by atoms with Crippen LogP contribution >= 0.6 is 23.2 Å². The van der Waals surface area contributed by atoms with Crippen LogP contribution in [0, 0.1) is 0 Å². The van der Waals surface area contributed by atoms with Gasteiger partial charge in [0.1, 0.15) is 11.3 Å². The molecule has 3 aromatic carbocycles. The van der Waals surface area contributed by atoms with E-state index in [9.17, 15) is 26.4 Å². The number of hydrogen-bond acceptors (Lipinski definition) is 7. The SMILES string of the molecule is CCOC(=O)COc1cc(C(c2ccc(Cl)cc2)c2ccc(Cl)cc2)cc2c(NC3CCN(S(=O)(=O)C(F)(F)F)CC3)ccnc12. The number of fused-ring (bicyclic) bond motifs is 1. The molecule has 0 radical (unpaired) electrons. The molecule has 1 fully saturated rings. The van der Waals surface area contributed by atoms with E-state index in [1.165, 1.54) is 0 Å². The molecule has 0 unspecified atom stereocenters. The number of sulfonamides is 1. The van der Waals surface area contributed by atoms with E-state index < -0.39 is 21.5 Å². The van der Waals surface area contributed by atoms with Crippen molar-refractivity contribution < 1.29 is 35.9 Å². The van der Waals surface area contributed by atoms with Gasteiger partial charge in [0, 0.05) is 52.4 Å². The van der Waals surface area contributed by atoms with E-state index in [0.29, 0.717) is 36.7 Å². The van der Waals surface area contributed by atoms with Crippen molar-refractivity contribution in [3.63, 3.8) is 0 Å². The Labute approximate surface area is 274 Å². The van der Waals surface area contributed by atoms with Crippen molar-refractivity contribution in [1.82, 2.24) is 9.29 Å². The molecule has 0 saturated carbocycles. The maximum Gasteiger partial charge on any atom is 0.511 e. The van der Waals surface area contributed by atoms with Crippen LogP contribution in [0.4, 0.5) is 18.9 Å². The third kappa shape index (κ3) is 7.52. The average molecular weight is 697 g/mol. The van der Waals surface area contributed by atoms with Gasteiger partial charge in [0.2, 0.25) is 0 Å². The van der Waals surface area contributed by atoms with Gasteiger partial charge in [-0.05, 0) is 78.9 Å². The molecule has 244 valence electrons. The van der Waals surface area contributed by atoms with Crippen molar-refractivity contribution in [3.8, 4) is 5.75 Å². The fraction of sp³-hybridized carbons (Fsp3) is 0.312. The van der Waals surface area contributed by atoms with Gasteiger partial charge in [-0.3, -0.25) is 4.98 Å². The Morgan fingerprint density at radius 2 is 1.57 bits per heavy atom. The van der Waals surface area contributed by atoms with Crippen LogP contribution in [0.2, 0.25) is 10.0 Å². The molecule has 1 saturated heterocycles. The Hall–Kier alpha value is -3.58. The van der Waals surface area contributed by atoms with Gasteiger partial charge in [0.15, 0.2) is 6.61 Å². The van der Waals surface area contributed by atoms with Crippen LogP contribution in [-0.4, -0.2) is 61.5 Å². The van der Waals surface area contributed by atoms with Gasteiger partial charge in [-0.15, -0.1) is 0 Å². The molecule has 2 heterocycles. The molecule has 0 bridgehead atoms. The smallest absolute Gasteiger partial charge is 0.480 e. The number of benzene rings is 3. The number of alkyl halides is 3. The van der Waals surface area contributed by atoms with Crippen molar-refractivity contribution in [2.45, 2.75) is 37.2 Å². The van der Waals surface area contributed by atoms with Crippen molar-refractivity contribution in [3.05, 3.63) is 99.7 Å². The number of anilines is 1. The number of halogens is 5. The van der Waals surface area contributed by atoms with Crippen molar-refractivity contribution in [2.75, 3.05) is 31.6 Å². The van der Waals surface area contributed by atoms with Gasteiger partial charge in [0.05, 0.1) is 6.61 Å². The van der Waals surface area contributed by atoms with Gasteiger partial charge in [-0.1, -0.05) is 47.5 Å². The first-order chi connectivity index (χ1) is 21.9. The minimum Gasteiger partial charge on any atom is -0.480 e. The topological polar surface area (TPSA) is 97.8 Å². The number of aromatic nitrogens is 1. The molecule has 1 aliphatic heterocycles. The quantitative estimate of drug-likeness (QED) is 0.136. The second-order valence-corrected chi connectivity index (χ2v) is 13.5. The lowest BCUT2D eigenvalue weighted by molar-refractivity contribution is -0.145. The van der Waals surface area contributed by atoms with Crippen LogP contribution < -0.4 is 10.1 Å². The number of esters is 1. The summed E-state index contributed by atoms with van der Waals surface area (Å²) >= 11 is 12.4. The number of carbonyl (C=O) groups excluding carboxylic acids is 1. The molecule has 4 aromatic rings. The third-order valence-electron chi connectivity index (χ3n) is 7.67. The fourth-order valence-corrected chi connectivity index (χ4v) is 6.72. The van der Waals surface area contributed by atoms with E-state index in [4.69, 9.17) is 32.7 Å². The molecule has 0 amide bonds. The molecule has 1 aromatic heterocycles. The van der Waals surface area contributed by atoms with Crippen LogP contribution in [0.3, 0.4) is 0 Å². The molecular weight excluding hydrogens is 666 g/mol. The lowest BCUT2D eigenvalue weighted by Gasteiger charge is -2.32. The lowest BCUT2D eigenvalue weighted by atomic mass is 9.84. The molecule has 0 spiro atoms. The summed E-state index contributed by atoms with van der Waals surface area (Å²) in [7, 11) is -5.40. The number of ether oxygens (including phenoxy) is 2. The van der Waals surface area contributed by atoms with E-state index in [-0.39, 0.29) is 51.1 Å². The van der Waals surface area contributed by atoms with E-state index in [0.717, 1.165) is 16.7 Å². The summed E-state index contributed by atoms with van der Waals surface area (Å²) in [6.45, 7) is 0.963. The predicted molar refractivity (Wildman–Crippen MR) is 171 cm³/mol. The Balaban J connectivity index is 1.56. The summed E-state index contributed by atoms with van der Waals surface area (Å²) in [6, 6.07) is 20.0. The molecule has 5 rings (SSSR count). The lowest BCUT2D eigenvalue weighted by Crippen LogP contribution is -2.47. The highest BCUT2D eigenvalue weighted by Gasteiger charge is 2.50. The second kappa shape index (κ2) is 14.0. The standard InChI is InChI=1S/C32H30Cl2F3N3O5S/c1-2-44-29(41)19-45-28-18-22(30(20-3-7-23(33)8-4-20)21-5-9-24(34)10-6-21)17-26-27(11-14-38-31(26)28)39-25-12-15-40(16-13-25)46(42,43)32(35,36)37/h3-11,14,17-18,25,30H,2,12-13,15-16,19H2,1H3,(H,38,39). The first-order valence-electron chi connectivity index (χ1n) is 14.4.